The third-order valence-electron chi connectivity index (χ3n) is 3.63. The lowest BCUT2D eigenvalue weighted by Crippen LogP contribution is -2.38. The summed E-state index contributed by atoms with van der Waals surface area (Å²) < 4.78 is 12.6. The molecule has 2 aromatic heterocycles. The van der Waals surface area contributed by atoms with E-state index in [0.29, 0.717) is 0 Å². The molecular formula is C12H14BrN5O7. The second-order valence-electron chi connectivity index (χ2n) is 5.33. The summed E-state index contributed by atoms with van der Waals surface area (Å²) in [6.45, 7) is 1.16. The molecule has 0 unspecified atom stereocenters. The monoisotopic (exact) mass is 419 g/mol. The number of aliphatic hydroxyl groups is 4. The second kappa shape index (κ2) is 6.44. The quantitative estimate of drug-likeness (QED) is 0.271. The fourth-order valence-corrected chi connectivity index (χ4v) is 3.04. The van der Waals surface area contributed by atoms with Crippen molar-refractivity contribution in [3.63, 3.8) is 0 Å². The van der Waals surface area contributed by atoms with E-state index >= 15 is 0 Å². The van der Waals surface area contributed by atoms with Crippen LogP contribution >= 0.6 is 16.1 Å². The van der Waals surface area contributed by atoms with E-state index in [0.717, 1.165) is 10.5 Å². The molecule has 0 amide bonds. The molecule has 1 aliphatic heterocycles. The van der Waals surface area contributed by atoms with Crippen LogP contribution in [0.5, 0.6) is 6.01 Å². The lowest BCUT2D eigenvalue weighted by molar-refractivity contribution is -0.167. The Labute approximate surface area is 147 Å². The van der Waals surface area contributed by atoms with Crippen molar-refractivity contribution >= 4 is 33.3 Å². The molecule has 1 saturated heterocycles. The number of aliphatic hydroxyl groups excluding tert-OH is 3. The summed E-state index contributed by atoms with van der Waals surface area (Å²) >= 11 is 3.14. The molecule has 0 spiro atoms. The highest BCUT2D eigenvalue weighted by atomic mass is 79.9. The van der Waals surface area contributed by atoms with Crippen LogP contribution in [0.2, 0.25) is 0 Å². The molecule has 5 N–H and O–H groups in total. The lowest BCUT2D eigenvalue weighted by atomic mass is 10.1. The Bertz CT molecular complexity index is 881. The molecule has 25 heavy (non-hydrogen) atoms. The number of fused-ring (bicyclic) bond motifs is 1. The topological polar surface area (TPSA) is 176 Å². The van der Waals surface area contributed by atoms with Crippen LogP contribution in [0.1, 0.15) is 13.2 Å². The van der Waals surface area contributed by atoms with Gasteiger partial charge in [-0.05, 0) is 0 Å². The molecule has 0 radical (unpaired) electrons. The van der Waals surface area contributed by atoms with Crippen LogP contribution in [-0.2, 0) is 9.53 Å². The molecule has 3 heterocycles. The molecular weight excluding hydrogens is 406 g/mol. The van der Waals surface area contributed by atoms with Crippen molar-refractivity contribution in [1.29, 1.82) is 5.41 Å². The standard InChI is InChI=1S/C12H14BrN5O7/c1-3(19)24-12-16-8(14)4-9(18(12)13)17(2-15-4)10-6(21)5(20)7(25-10)11(22)23/h2,5-7,10-11,14,20-23H,1H3/t5-,6+,7-,10+/m0/s1. The largest absolute Gasteiger partial charge is 0.392 e. The first-order valence-corrected chi connectivity index (χ1v) is 7.69. The lowest BCUT2D eigenvalue weighted by Gasteiger charge is -2.18. The van der Waals surface area contributed by atoms with E-state index in [9.17, 15) is 25.2 Å². The van der Waals surface area contributed by atoms with Gasteiger partial charge in [-0.3, -0.25) is 14.8 Å². The number of halogens is 1. The summed E-state index contributed by atoms with van der Waals surface area (Å²) in [7, 11) is 0. The SMILES string of the molecule is CC(=O)Oc1nc(=N)c2ncn([C@@H]3O[C@H](C(O)O)[C@@H](O)[C@H]3O)c2n1Br. The van der Waals surface area contributed by atoms with Crippen LogP contribution in [0.3, 0.4) is 0 Å². The zero-order chi connectivity index (χ0) is 18.5. The molecule has 1 fully saturated rings. The third kappa shape index (κ3) is 2.94. The number of nitrogens with one attached hydrogen (secondary N) is 1. The Kier molecular flexibility index (Phi) is 4.61. The fraction of sp³-hybridized carbons (Fsp3) is 0.500. The highest BCUT2D eigenvalue weighted by Crippen LogP contribution is 2.33. The van der Waals surface area contributed by atoms with Crippen molar-refractivity contribution in [2.75, 3.05) is 0 Å². The van der Waals surface area contributed by atoms with E-state index < -0.39 is 36.8 Å². The van der Waals surface area contributed by atoms with Crippen molar-refractivity contribution in [3.8, 4) is 6.01 Å². The minimum Gasteiger partial charge on any atom is -0.392 e. The number of carbonyl (C=O) groups is 1. The van der Waals surface area contributed by atoms with Crippen LogP contribution in [0.25, 0.3) is 11.2 Å². The van der Waals surface area contributed by atoms with Gasteiger partial charge in [0.25, 0.3) is 0 Å². The van der Waals surface area contributed by atoms with Crippen molar-refractivity contribution in [1.82, 2.24) is 18.1 Å². The molecule has 3 rings (SSSR count). The third-order valence-corrected chi connectivity index (χ3v) is 4.27. The molecule has 0 aliphatic carbocycles. The molecule has 0 saturated carbocycles. The highest BCUT2D eigenvalue weighted by Gasteiger charge is 2.47. The number of nitrogens with zero attached hydrogens (tertiary/aromatic N) is 4. The van der Waals surface area contributed by atoms with Gasteiger partial charge in [0.05, 0.1) is 22.5 Å². The van der Waals surface area contributed by atoms with E-state index in [4.69, 9.17) is 14.9 Å². The molecule has 0 bridgehead atoms. The van der Waals surface area contributed by atoms with Gasteiger partial charge in [-0.1, -0.05) is 0 Å². The maximum absolute atomic E-state index is 11.2. The first-order chi connectivity index (χ1) is 11.7. The zero-order valence-electron chi connectivity index (χ0n) is 12.6. The average Bonchev–Trinajstić information content (AvgIpc) is 3.07. The van der Waals surface area contributed by atoms with Gasteiger partial charge in [0, 0.05) is 6.92 Å². The number of esters is 1. The van der Waals surface area contributed by atoms with E-state index in [1.165, 1.54) is 10.9 Å². The van der Waals surface area contributed by atoms with Gasteiger partial charge in [0.2, 0.25) is 0 Å². The minimum absolute atomic E-state index is 0.0889. The van der Waals surface area contributed by atoms with Gasteiger partial charge >= 0.3 is 12.0 Å². The number of rotatable bonds is 3. The smallest absolute Gasteiger partial charge is 0.318 e. The number of imidazole rings is 1. The number of aromatic nitrogens is 4. The summed E-state index contributed by atoms with van der Waals surface area (Å²) in [6.07, 6.45) is -6.53. The second-order valence-corrected chi connectivity index (χ2v) is 6.04. The van der Waals surface area contributed by atoms with E-state index in [1.807, 2.05) is 0 Å². The molecule has 4 atom stereocenters. The molecule has 13 heteroatoms. The molecule has 0 aromatic carbocycles. The maximum atomic E-state index is 11.2. The predicted octanol–water partition coefficient (Wildman–Crippen LogP) is -2.27. The molecule has 12 nitrogen and oxygen atoms in total. The van der Waals surface area contributed by atoms with Crippen LogP contribution in [0.4, 0.5) is 0 Å². The van der Waals surface area contributed by atoms with Gasteiger partial charge in [-0.15, -0.1) is 0 Å². The van der Waals surface area contributed by atoms with Crippen LogP contribution < -0.4 is 10.2 Å². The summed E-state index contributed by atoms with van der Waals surface area (Å²) in [5.41, 5.74) is -0.0703. The Hall–Kier alpha value is -1.90. The number of hydrogen-bond acceptors (Lipinski definition) is 10. The number of carbonyl (C=O) groups excluding carboxylic acids is 1. The van der Waals surface area contributed by atoms with Crippen molar-refractivity contribution in [2.45, 2.75) is 37.8 Å². The average molecular weight is 420 g/mol. The van der Waals surface area contributed by atoms with Crippen molar-refractivity contribution in [2.24, 2.45) is 0 Å². The van der Waals surface area contributed by atoms with Crippen molar-refractivity contribution in [3.05, 3.63) is 11.8 Å². The van der Waals surface area contributed by atoms with Crippen LogP contribution in [-0.4, -0.2) is 69.1 Å². The zero-order valence-corrected chi connectivity index (χ0v) is 14.2. The van der Waals surface area contributed by atoms with Gasteiger partial charge in [-0.25, -0.2) is 8.58 Å². The Morgan fingerprint density at radius 1 is 1.44 bits per heavy atom. The first kappa shape index (κ1) is 17.9. The molecule has 1 aliphatic rings. The summed E-state index contributed by atoms with van der Waals surface area (Å²) in [5, 5.41) is 46.4. The number of hydrogen-bond donors (Lipinski definition) is 5. The predicted molar refractivity (Wildman–Crippen MR) is 81.2 cm³/mol. The van der Waals surface area contributed by atoms with Crippen LogP contribution in [0.15, 0.2) is 6.33 Å². The normalized spacial score (nSPS) is 26.5. The highest BCUT2D eigenvalue weighted by molar-refractivity contribution is 9.08. The Morgan fingerprint density at radius 2 is 2.12 bits per heavy atom. The molecule has 2 aromatic rings. The van der Waals surface area contributed by atoms with Crippen molar-refractivity contribution < 1.29 is 34.7 Å². The summed E-state index contributed by atoms with van der Waals surface area (Å²) in [5.74, 6) is -0.665. The Morgan fingerprint density at radius 3 is 2.68 bits per heavy atom. The van der Waals surface area contributed by atoms with Gasteiger partial charge in [0.1, 0.15) is 18.3 Å². The Balaban J connectivity index is 2.13. The fourth-order valence-electron chi connectivity index (χ4n) is 2.54. The van der Waals surface area contributed by atoms with Gasteiger partial charge in [0.15, 0.2) is 29.2 Å². The first-order valence-electron chi connectivity index (χ1n) is 6.99. The maximum Gasteiger partial charge on any atom is 0.318 e. The van der Waals surface area contributed by atoms with Gasteiger partial charge in [-0.2, -0.15) is 4.98 Å². The van der Waals surface area contributed by atoms with E-state index in [2.05, 4.69) is 26.1 Å². The van der Waals surface area contributed by atoms with Gasteiger partial charge < -0.3 is 29.9 Å². The summed E-state index contributed by atoms with van der Waals surface area (Å²) in [4.78, 5) is 19.0. The molecule has 136 valence electrons. The minimum atomic E-state index is -2.01. The van der Waals surface area contributed by atoms with Crippen LogP contribution in [0, 0.1) is 5.41 Å². The summed E-state index contributed by atoms with van der Waals surface area (Å²) in [6, 6.07) is -0.251. The van der Waals surface area contributed by atoms with E-state index in [1.54, 1.807) is 0 Å². The van der Waals surface area contributed by atoms with E-state index in [-0.39, 0.29) is 22.7 Å². The number of ether oxygens (including phenoxy) is 2.